The van der Waals surface area contributed by atoms with E-state index in [0.717, 1.165) is 5.92 Å². The molecule has 3 nitrogen and oxygen atoms in total. The van der Waals surface area contributed by atoms with E-state index >= 15 is 0 Å². The molecule has 0 bridgehead atoms. The minimum absolute atomic E-state index is 0.193. The summed E-state index contributed by atoms with van der Waals surface area (Å²) < 4.78 is 0. The maximum atomic E-state index is 6.28. The summed E-state index contributed by atoms with van der Waals surface area (Å²) in [5.41, 5.74) is 6.28. The molecule has 0 amide bonds. The predicted octanol–water partition coefficient (Wildman–Crippen LogP) is 2.72. The van der Waals surface area contributed by atoms with Crippen molar-refractivity contribution >= 4 is 11.3 Å². The molecule has 0 radical (unpaired) electrons. The van der Waals surface area contributed by atoms with Gasteiger partial charge in [-0.25, -0.2) is 0 Å². The Morgan fingerprint density at radius 2 is 2.00 bits per heavy atom. The Bertz CT molecular complexity index is 406. The smallest absolute Gasteiger partial charge is 0.0590 e. The standard InChI is InChI=1S/C16H29N3S/c1-12-5-6-15(20-12)16(13(2)17)19-9-7-14(8-10-19)11-18(3)4/h5-6,13-14,16H,7-11,17H2,1-4H3. The van der Waals surface area contributed by atoms with Crippen LogP contribution in [0.25, 0.3) is 0 Å². The first kappa shape index (κ1) is 16.0. The third kappa shape index (κ3) is 4.04. The summed E-state index contributed by atoms with van der Waals surface area (Å²) >= 11 is 1.90. The molecule has 0 aliphatic carbocycles. The van der Waals surface area contributed by atoms with Crippen LogP contribution in [0.2, 0.25) is 0 Å². The number of piperidine rings is 1. The summed E-state index contributed by atoms with van der Waals surface area (Å²) in [4.78, 5) is 7.73. The van der Waals surface area contributed by atoms with Crippen molar-refractivity contribution in [3.05, 3.63) is 21.9 Å². The third-order valence-corrected chi connectivity index (χ3v) is 5.29. The van der Waals surface area contributed by atoms with E-state index in [-0.39, 0.29) is 6.04 Å². The summed E-state index contributed by atoms with van der Waals surface area (Å²) in [6.07, 6.45) is 2.59. The molecular formula is C16H29N3S. The van der Waals surface area contributed by atoms with Gasteiger partial charge in [-0.3, -0.25) is 4.90 Å². The second-order valence-corrected chi connectivity index (χ2v) is 7.81. The van der Waals surface area contributed by atoms with Crippen molar-refractivity contribution in [3.63, 3.8) is 0 Å². The van der Waals surface area contributed by atoms with Crippen LogP contribution in [0.4, 0.5) is 0 Å². The van der Waals surface area contributed by atoms with Gasteiger partial charge in [0.2, 0.25) is 0 Å². The number of thiophene rings is 1. The number of nitrogens with zero attached hydrogens (tertiary/aromatic N) is 2. The van der Waals surface area contributed by atoms with Crippen LogP contribution in [-0.2, 0) is 0 Å². The predicted molar refractivity (Wildman–Crippen MR) is 88.3 cm³/mol. The lowest BCUT2D eigenvalue weighted by molar-refractivity contribution is 0.110. The zero-order valence-electron chi connectivity index (χ0n) is 13.3. The highest BCUT2D eigenvalue weighted by Crippen LogP contribution is 2.32. The van der Waals surface area contributed by atoms with Gasteiger partial charge < -0.3 is 10.6 Å². The molecule has 1 aliphatic rings. The molecule has 0 saturated carbocycles. The molecule has 2 unspecified atom stereocenters. The van der Waals surface area contributed by atoms with Crippen LogP contribution in [0.15, 0.2) is 12.1 Å². The zero-order chi connectivity index (χ0) is 14.7. The van der Waals surface area contributed by atoms with Crippen molar-refractivity contribution in [1.82, 2.24) is 9.80 Å². The molecule has 2 N–H and O–H groups in total. The van der Waals surface area contributed by atoms with Gasteiger partial charge in [-0.05, 0) is 71.9 Å². The summed E-state index contributed by atoms with van der Waals surface area (Å²) in [5.74, 6) is 0.847. The van der Waals surface area contributed by atoms with Gasteiger partial charge in [0, 0.05) is 22.3 Å². The van der Waals surface area contributed by atoms with E-state index in [2.05, 4.69) is 49.9 Å². The molecule has 1 aliphatic heterocycles. The van der Waals surface area contributed by atoms with Crippen LogP contribution in [-0.4, -0.2) is 49.6 Å². The highest BCUT2D eigenvalue weighted by Gasteiger charge is 2.29. The van der Waals surface area contributed by atoms with E-state index in [4.69, 9.17) is 5.73 Å². The average Bonchev–Trinajstić information content (AvgIpc) is 2.77. The maximum absolute atomic E-state index is 6.28. The van der Waals surface area contributed by atoms with Crippen LogP contribution < -0.4 is 5.73 Å². The second kappa shape index (κ2) is 7.03. The molecule has 20 heavy (non-hydrogen) atoms. The Kier molecular flexibility index (Phi) is 5.61. The molecule has 4 heteroatoms. The number of hydrogen-bond donors (Lipinski definition) is 1. The minimum Gasteiger partial charge on any atom is -0.326 e. The normalized spacial score (nSPS) is 21.3. The average molecular weight is 295 g/mol. The largest absolute Gasteiger partial charge is 0.326 e. The molecule has 114 valence electrons. The lowest BCUT2D eigenvalue weighted by Crippen LogP contribution is -2.44. The molecule has 0 spiro atoms. The van der Waals surface area contributed by atoms with Crippen molar-refractivity contribution in [2.45, 2.75) is 38.8 Å². The van der Waals surface area contributed by atoms with Gasteiger partial charge in [0.05, 0.1) is 6.04 Å². The monoisotopic (exact) mass is 295 g/mol. The number of nitrogens with two attached hydrogens (primary N) is 1. The fraction of sp³-hybridized carbons (Fsp3) is 0.750. The highest BCUT2D eigenvalue weighted by atomic mass is 32.1. The Hall–Kier alpha value is -0.420. The number of rotatable bonds is 5. The fourth-order valence-electron chi connectivity index (χ4n) is 3.31. The second-order valence-electron chi connectivity index (χ2n) is 6.49. The van der Waals surface area contributed by atoms with Crippen LogP contribution in [0.5, 0.6) is 0 Å². The van der Waals surface area contributed by atoms with Gasteiger partial charge in [-0.15, -0.1) is 11.3 Å². The van der Waals surface area contributed by atoms with E-state index < -0.39 is 0 Å². The summed E-state index contributed by atoms with van der Waals surface area (Å²) in [7, 11) is 4.34. The van der Waals surface area contributed by atoms with E-state index in [9.17, 15) is 0 Å². The fourth-order valence-corrected chi connectivity index (χ4v) is 4.44. The van der Waals surface area contributed by atoms with Crippen molar-refractivity contribution in [3.8, 4) is 0 Å². The number of hydrogen-bond acceptors (Lipinski definition) is 4. The number of aryl methyl sites for hydroxylation is 1. The van der Waals surface area contributed by atoms with Crippen molar-refractivity contribution in [1.29, 1.82) is 0 Å². The molecule has 1 saturated heterocycles. The number of likely N-dealkylation sites (tertiary alicyclic amines) is 1. The van der Waals surface area contributed by atoms with Gasteiger partial charge in [0.25, 0.3) is 0 Å². The van der Waals surface area contributed by atoms with Gasteiger partial charge in [0.15, 0.2) is 0 Å². The van der Waals surface area contributed by atoms with Crippen LogP contribution in [0, 0.1) is 12.8 Å². The van der Waals surface area contributed by atoms with E-state index in [1.807, 2.05) is 11.3 Å². The lowest BCUT2D eigenvalue weighted by Gasteiger charge is -2.39. The van der Waals surface area contributed by atoms with Crippen LogP contribution in [0.3, 0.4) is 0 Å². The first-order valence-electron chi connectivity index (χ1n) is 7.68. The molecule has 1 aromatic rings. The van der Waals surface area contributed by atoms with Gasteiger partial charge >= 0.3 is 0 Å². The van der Waals surface area contributed by atoms with Gasteiger partial charge in [0.1, 0.15) is 0 Å². The molecule has 2 atom stereocenters. The summed E-state index contributed by atoms with van der Waals surface area (Å²) in [5, 5.41) is 0. The minimum atomic E-state index is 0.193. The molecule has 1 aromatic heterocycles. The molecular weight excluding hydrogens is 266 g/mol. The quantitative estimate of drug-likeness (QED) is 0.906. The first-order chi connectivity index (χ1) is 9.47. The summed E-state index contributed by atoms with van der Waals surface area (Å²) in [6, 6.07) is 5.07. The Morgan fingerprint density at radius 3 is 2.45 bits per heavy atom. The Balaban J connectivity index is 1.99. The Labute approximate surface area is 127 Å². The highest BCUT2D eigenvalue weighted by molar-refractivity contribution is 7.12. The molecule has 1 fully saturated rings. The SMILES string of the molecule is Cc1ccc(C(C(C)N)N2CCC(CN(C)C)CC2)s1. The molecule has 0 aromatic carbocycles. The van der Waals surface area contributed by atoms with Crippen molar-refractivity contribution in [2.24, 2.45) is 11.7 Å². The van der Waals surface area contributed by atoms with Crippen LogP contribution in [0.1, 0.15) is 35.6 Å². The van der Waals surface area contributed by atoms with E-state index in [0.29, 0.717) is 6.04 Å². The zero-order valence-corrected chi connectivity index (χ0v) is 14.1. The summed E-state index contributed by atoms with van der Waals surface area (Å²) in [6.45, 7) is 7.90. The first-order valence-corrected chi connectivity index (χ1v) is 8.49. The van der Waals surface area contributed by atoms with E-state index in [1.165, 1.54) is 42.2 Å². The third-order valence-electron chi connectivity index (χ3n) is 4.22. The van der Waals surface area contributed by atoms with Crippen molar-refractivity contribution < 1.29 is 0 Å². The molecule has 2 rings (SSSR count). The van der Waals surface area contributed by atoms with Gasteiger partial charge in [-0.2, -0.15) is 0 Å². The van der Waals surface area contributed by atoms with E-state index in [1.54, 1.807) is 0 Å². The molecule has 2 heterocycles. The van der Waals surface area contributed by atoms with Gasteiger partial charge in [-0.1, -0.05) is 0 Å². The maximum Gasteiger partial charge on any atom is 0.0590 e. The van der Waals surface area contributed by atoms with Crippen molar-refractivity contribution in [2.75, 3.05) is 33.7 Å². The lowest BCUT2D eigenvalue weighted by atomic mass is 9.94. The topological polar surface area (TPSA) is 32.5 Å². The Morgan fingerprint density at radius 1 is 1.35 bits per heavy atom. The van der Waals surface area contributed by atoms with Crippen LogP contribution >= 0.6 is 11.3 Å².